The van der Waals surface area contributed by atoms with Crippen molar-refractivity contribution in [3.05, 3.63) is 71.5 Å². The summed E-state index contributed by atoms with van der Waals surface area (Å²) in [7, 11) is 1.68. The molecule has 1 N–H and O–H groups in total. The van der Waals surface area contributed by atoms with Gasteiger partial charge in [-0.3, -0.25) is 9.89 Å². The number of methoxy groups -OCH3 is 1. The van der Waals surface area contributed by atoms with Gasteiger partial charge < -0.3 is 14.5 Å². The molecule has 0 saturated carbocycles. The monoisotopic (exact) mass is 473 g/mol. The van der Waals surface area contributed by atoms with Crippen molar-refractivity contribution in [3.63, 3.8) is 0 Å². The fourth-order valence-electron chi connectivity index (χ4n) is 4.30. The number of para-hydroxylation sites is 2. The molecule has 4 aromatic rings. The normalized spacial score (nSPS) is 13.9. The van der Waals surface area contributed by atoms with Crippen LogP contribution in [0.2, 0.25) is 0 Å². The van der Waals surface area contributed by atoms with Gasteiger partial charge in [0.2, 0.25) is 0 Å². The Morgan fingerprint density at radius 3 is 2.59 bits per heavy atom. The number of nitrogens with zero attached hydrogens (tertiary/aromatic N) is 4. The maximum absolute atomic E-state index is 13.1. The van der Waals surface area contributed by atoms with E-state index in [1.807, 2.05) is 42.2 Å². The van der Waals surface area contributed by atoms with Gasteiger partial charge in [-0.1, -0.05) is 35.9 Å². The number of amides is 1. The first kappa shape index (κ1) is 22.2. The predicted molar refractivity (Wildman–Crippen MR) is 136 cm³/mol. The SMILES string of the molecule is COc1ccccc1N1CCN(C(=O)c2cc(-c3sc(-c4cccc(C)c4)nc3C)[nH]n2)CC1. The van der Waals surface area contributed by atoms with Crippen molar-refractivity contribution in [2.45, 2.75) is 13.8 Å². The van der Waals surface area contributed by atoms with Crippen LogP contribution in [-0.4, -0.2) is 59.3 Å². The van der Waals surface area contributed by atoms with Crippen LogP contribution in [0.3, 0.4) is 0 Å². The number of carbonyl (C=O) groups is 1. The van der Waals surface area contributed by atoms with Gasteiger partial charge in [-0.2, -0.15) is 5.10 Å². The molecule has 1 fully saturated rings. The van der Waals surface area contributed by atoms with E-state index in [-0.39, 0.29) is 5.91 Å². The minimum Gasteiger partial charge on any atom is -0.495 e. The van der Waals surface area contributed by atoms with Crippen LogP contribution in [0.1, 0.15) is 21.7 Å². The van der Waals surface area contributed by atoms with E-state index in [0.717, 1.165) is 51.4 Å². The molecule has 3 heterocycles. The number of piperazine rings is 1. The first-order valence-electron chi connectivity index (χ1n) is 11.3. The lowest BCUT2D eigenvalue weighted by Crippen LogP contribution is -2.49. The predicted octanol–water partition coefficient (Wildman–Crippen LogP) is 4.79. The summed E-state index contributed by atoms with van der Waals surface area (Å²) in [5.41, 5.74) is 5.55. The van der Waals surface area contributed by atoms with E-state index in [0.29, 0.717) is 18.8 Å². The lowest BCUT2D eigenvalue weighted by molar-refractivity contribution is 0.0740. The largest absolute Gasteiger partial charge is 0.495 e. The smallest absolute Gasteiger partial charge is 0.274 e. The molecule has 0 unspecified atom stereocenters. The molecule has 0 radical (unpaired) electrons. The number of nitrogens with one attached hydrogen (secondary N) is 1. The lowest BCUT2D eigenvalue weighted by atomic mass is 10.1. The molecule has 2 aromatic carbocycles. The Morgan fingerprint density at radius 1 is 1.03 bits per heavy atom. The minimum atomic E-state index is -0.0525. The Kier molecular flexibility index (Phi) is 6.06. The van der Waals surface area contributed by atoms with Crippen LogP contribution in [0.15, 0.2) is 54.6 Å². The number of hydrogen-bond acceptors (Lipinski definition) is 6. The molecule has 1 saturated heterocycles. The second-order valence-corrected chi connectivity index (χ2v) is 9.42. The number of H-pyrrole nitrogens is 1. The highest BCUT2D eigenvalue weighted by Crippen LogP contribution is 2.35. The number of benzene rings is 2. The van der Waals surface area contributed by atoms with Gasteiger partial charge in [-0.05, 0) is 38.1 Å². The number of aromatic amines is 1. The van der Waals surface area contributed by atoms with E-state index in [2.05, 4.69) is 46.3 Å². The molecule has 0 atom stereocenters. The van der Waals surface area contributed by atoms with Crippen molar-refractivity contribution in [1.29, 1.82) is 0 Å². The van der Waals surface area contributed by atoms with Crippen molar-refractivity contribution in [3.8, 4) is 26.9 Å². The Morgan fingerprint density at radius 2 is 1.82 bits per heavy atom. The van der Waals surface area contributed by atoms with E-state index in [9.17, 15) is 4.79 Å². The molecular weight excluding hydrogens is 446 g/mol. The minimum absolute atomic E-state index is 0.0525. The summed E-state index contributed by atoms with van der Waals surface area (Å²) in [5.74, 6) is 0.799. The maximum atomic E-state index is 13.1. The Bertz CT molecular complexity index is 1320. The number of carbonyl (C=O) groups excluding carboxylic acids is 1. The number of rotatable bonds is 5. The third-order valence-corrected chi connectivity index (χ3v) is 7.34. The molecular formula is C26H27N5O2S. The quantitative estimate of drug-likeness (QED) is 0.451. The number of anilines is 1. The Hall–Kier alpha value is -3.65. The van der Waals surface area contributed by atoms with Gasteiger partial charge in [-0.25, -0.2) is 4.98 Å². The van der Waals surface area contributed by atoms with E-state index < -0.39 is 0 Å². The third-order valence-electron chi connectivity index (χ3n) is 6.10. The maximum Gasteiger partial charge on any atom is 0.274 e. The summed E-state index contributed by atoms with van der Waals surface area (Å²) >= 11 is 1.61. The van der Waals surface area contributed by atoms with Crippen LogP contribution in [0.5, 0.6) is 5.75 Å². The van der Waals surface area contributed by atoms with Crippen molar-refractivity contribution in [1.82, 2.24) is 20.1 Å². The van der Waals surface area contributed by atoms with Crippen LogP contribution in [0.4, 0.5) is 5.69 Å². The second-order valence-electron chi connectivity index (χ2n) is 8.42. The lowest BCUT2D eigenvalue weighted by Gasteiger charge is -2.36. The summed E-state index contributed by atoms with van der Waals surface area (Å²) in [6, 6.07) is 18.2. The van der Waals surface area contributed by atoms with E-state index in [1.165, 1.54) is 5.56 Å². The summed E-state index contributed by atoms with van der Waals surface area (Å²) < 4.78 is 5.49. The van der Waals surface area contributed by atoms with Gasteiger partial charge in [0.15, 0.2) is 5.69 Å². The summed E-state index contributed by atoms with van der Waals surface area (Å²) in [6.07, 6.45) is 0. The van der Waals surface area contributed by atoms with Crippen LogP contribution >= 0.6 is 11.3 Å². The van der Waals surface area contributed by atoms with Crippen molar-refractivity contribution in [2.24, 2.45) is 0 Å². The zero-order valence-corrected chi connectivity index (χ0v) is 20.4. The highest BCUT2D eigenvalue weighted by atomic mass is 32.1. The van der Waals surface area contributed by atoms with Gasteiger partial charge in [0.05, 0.1) is 29.1 Å². The zero-order chi connectivity index (χ0) is 23.7. The fraction of sp³-hybridized carbons (Fsp3) is 0.269. The van der Waals surface area contributed by atoms with Crippen LogP contribution < -0.4 is 9.64 Å². The average Bonchev–Trinajstić information content (AvgIpc) is 3.50. The standard InChI is InChI=1S/C26H27N5O2S/c1-17-7-6-8-19(15-17)25-27-18(2)24(34-25)20-16-21(29-28-20)26(32)31-13-11-30(12-14-31)22-9-4-5-10-23(22)33-3/h4-10,15-16H,11-14H2,1-3H3,(H,28,29). The first-order valence-corrected chi connectivity index (χ1v) is 12.1. The number of thiazole rings is 1. The highest BCUT2D eigenvalue weighted by molar-refractivity contribution is 7.18. The molecule has 7 nitrogen and oxygen atoms in total. The number of aromatic nitrogens is 3. The summed E-state index contributed by atoms with van der Waals surface area (Å²) in [5, 5.41) is 8.36. The summed E-state index contributed by atoms with van der Waals surface area (Å²) in [4.78, 5) is 23.0. The fourth-order valence-corrected chi connectivity index (χ4v) is 5.33. The van der Waals surface area contributed by atoms with E-state index in [1.54, 1.807) is 18.4 Å². The topological polar surface area (TPSA) is 74.3 Å². The molecule has 0 bridgehead atoms. The molecule has 174 valence electrons. The van der Waals surface area contributed by atoms with Crippen LogP contribution in [0.25, 0.3) is 21.1 Å². The highest BCUT2D eigenvalue weighted by Gasteiger charge is 2.26. The Labute approximate surface area is 203 Å². The average molecular weight is 474 g/mol. The van der Waals surface area contributed by atoms with Crippen LogP contribution in [-0.2, 0) is 0 Å². The third kappa shape index (κ3) is 4.28. The van der Waals surface area contributed by atoms with E-state index in [4.69, 9.17) is 9.72 Å². The molecule has 2 aromatic heterocycles. The molecule has 5 rings (SSSR count). The molecule has 8 heteroatoms. The molecule has 1 aliphatic heterocycles. The molecule has 1 amide bonds. The number of hydrogen-bond donors (Lipinski definition) is 1. The van der Waals surface area contributed by atoms with Gasteiger partial charge in [0.1, 0.15) is 10.8 Å². The van der Waals surface area contributed by atoms with Gasteiger partial charge in [0, 0.05) is 31.7 Å². The summed E-state index contributed by atoms with van der Waals surface area (Å²) in [6.45, 7) is 6.83. The van der Waals surface area contributed by atoms with Gasteiger partial charge in [0.25, 0.3) is 5.91 Å². The van der Waals surface area contributed by atoms with Gasteiger partial charge in [-0.15, -0.1) is 11.3 Å². The van der Waals surface area contributed by atoms with Gasteiger partial charge >= 0.3 is 0 Å². The molecule has 0 aliphatic carbocycles. The molecule has 34 heavy (non-hydrogen) atoms. The Balaban J connectivity index is 1.29. The second kappa shape index (κ2) is 9.30. The number of aryl methyl sites for hydroxylation is 2. The van der Waals surface area contributed by atoms with Crippen molar-refractivity contribution in [2.75, 3.05) is 38.2 Å². The molecule has 1 aliphatic rings. The first-order chi connectivity index (χ1) is 16.5. The number of ether oxygens (including phenoxy) is 1. The molecule has 0 spiro atoms. The van der Waals surface area contributed by atoms with Crippen molar-refractivity contribution >= 4 is 22.9 Å². The zero-order valence-electron chi connectivity index (χ0n) is 19.5. The van der Waals surface area contributed by atoms with Crippen molar-refractivity contribution < 1.29 is 9.53 Å². The van der Waals surface area contributed by atoms with Crippen LogP contribution in [0, 0.1) is 13.8 Å². The van der Waals surface area contributed by atoms with E-state index >= 15 is 0 Å².